The van der Waals surface area contributed by atoms with Crippen LogP contribution in [0.15, 0.2) is 18.2 Å². The molecule has 0 spiro atoms. The molecule has 1 rings (SSSR count). The molecular formula is C16H24ClNO2. The highest BCUT2D eigenvalue weighted by Crippen LogP contribution is 2.32. The number of esters is 1. The lowest BCUT2D eigenvalue weighted by Gasteiger charge is -2.18. The van der Waals surface area contributed by atoms with Gasteiger partial charge in [-0.05, 0) is 25.0 Å². The van der Waals surface area contributed by atoms with Crippen LogP contribution in [0, 0.1) is 0 Å². The van der Waals surface area contributed by atoms with Crippen molar-refractivity contribution in [2.75, 3.05) is 12.3 Å². The molecule has 4 heteroatoms. The van der Waals surface area contributed by atoms with Gasteiger partial charge in [0.1, 0.15) is 0 Å². The standard InChI is InChI=1S/C16H24ClNO2/c1-3-5-6-7-9-13(16(19)20-4-2)12-10-8-11-14(17)15(12)18/h8,10-11,13H,3-7,9,18H2,1-2H3. The van der Waals surface area contributed by atoms with Crippen LogP contribution in [-0.2, 0) is 9.53 Å². The number of rotatable bonds is 8. The molecule has 0 bridgehead atoms. The van der Waals surface area contributed by atoms with Crippen molar-refractivity contribution in [3.63, 3.8) is 0 Å². The minimum absolute atomic E-state index is 0.210. The summed E-state index contributed by atoms with van der Waals surface area (Å²) >= 11 is 6.05. The van der Waals surface area contributed by atoms with E-state index in [9.17, 15) is 4.79 Å². The van der Waals surface area contributed by atoms with E-state index in [0.717, 1.165) is 24.8 Å². The molecular weight excluding hydrogens is 274 g/mol. The highest BCUT2D eigenvalue weighted by atomic mass is 35.5. The molecule has 0 aliphatic rings. The Bertz CT molecular complexity index is 434. The minimum Gasteiger partial charge on any atom is -0.466 e. The van der Waals surface area contributed by atoms with E-state index < -0.39 is 0 Å². The Morgan fingerprint density at radius 3 is 2.70 bits per heavy atom. The van der Waals surface area contributed by atoms with Crippen molar-refractivity contribution in [3.05, 3.63) is 28.8 Å². The number of hydrogen-bond donors (Lipinski definition) is 1. The molecule has 0 fully saturated rings. The fraction of sp³-hybridized carbons (Fsp3) is 0.562. The summed E-state index contributed by atoms with van der Waals surface area (Å²) < 4.78 is 5.17. The molecule has 0 aromatic heterocycles. The molecule has 20 heavy (non-hydrogen) atoms. The third-order valence-corrected chi connectivity index (χ3v) is 3.71. The molecule has 1 atom stereocenters. The summed E-state index contributed by atoms with van der Waals surface area (Å²) in [5.41, 5.74) is 7.28. The summed E-state index contributed by atoms with van der Waals surface area (Å²) in [7, 11) is 0. The Morgan fingerprint density at radius 2 is 2.05 bits per heavy atom. The lowest BCUT2D eigenvalue weighted by atomic mass is 9.92. The second kappa shape index (κ2) is 8.85. The largest absolute Gasteiger partial charge is 0.466 e. The second-order valence-corrected chi connectivity index (χ2v) is 5.30. The lowest BCUT2D eigenvalue weighted by Crippen LogP contribution is -2.17. The maximum Gasteiger partial charge on any atom is 0.313 e. The predicted molar refractivity (Wildman–Crippen MR) is 84.0 cm³/mol. The second-order valence-electron chi connectivity index (χ2n) is 4.90. The van der Waals surface area contributed by atoms with Crippen LogP contribution >= 0.6 is 11.6 Å². The van der Waals surface area contributed by atoms with E-state index in [0.29, 0.717) is 17.3 Å². The van der Waals surface area contributed by atoms with Crippen LogP contribution in [-0.4, -0.2) is 12.6 Å². The van der Waals surface area contributed by atoms with Crippen LogP contribution in [0.2, 0.25) is 5.02 Å². The smallest absolute Gasteiger partial charge is 0.313 e. The molecule has 1 aromatic carbocycles. The summed E-state index contributed by atoms with van der Waals surface area (Å²) in [5, 5.41) is 0.491. The number of ether oxygens (including phenoxy) is 1. The van der Waals surface area contributed by atoms with Gasteiger partial charge in [-0.25, -0.2) is 0 Å². The van der Waals surface area contributed by atoms with Gasteiger partial charge in [0, 0.05) is 0 Å². The van der Waals surface area contributed by atoms with Gasteiger partial charge in [0.2, 0.25) is 0 Å². The summed E-state index contributed by atoms with van der Waals surface area (Å²) in [4.78, 5) is 12.2. The highest BCUT2D eigenvalue weighted by Gasteiger charge is 2.24. The maximum absolute atomic E-state index is 12.2. The SMILES string of the molecule is CCCCCCC(C(=O)OCC)c1cccc(Cl)c1N. The van der Waals surface area contributed by atoms with E-state index in [1.807, 2.05) is 19.1 Å². The quantitative estimate of drug-likeness (QED) is 0.435. The average Bonchev–Trinajstić information content (AvgIpc) is 2.43. The number of anilines is 1. The van der Waals surface area contributed by atoms with Crippen molar-refractivity contribution in [3.8, 4) is 0 Å². The molecule has 1 aromatic rings. The van der Waals surface area contributed by atoms with Crippen LogP contribution in [0.1, 0.15) is 57.4 Å². The molecule has 0 heterocycles. The van der Waals surface area contributed by atoms with Crippen molar-refractivity contribution in [1.29, 1.82) is 0 Å². The zero-order chi connectivity index (χ0) is 15.0. The van der Waals surface area contributed by atoms with Crippen LogP contribution in [0.4, 0.5) is 5.69 Å². The first-order valence-electron chi connectivity index (χ1n) is 7.32. The van der Waals surface area contributed by atoms with Gasteiger partial charge in [-0.3, -0.25) is 4.79 Å². The minimum atomic E-state index is -0.314. The van der Waals surface area contributed by atoms with Crippen molar-refractivity contribution >= 4 is 23.3 Å². The fourth-order valence-electron chi connectivity index (χ4n) is 2.28. The summed E-state index contributed by atoms with van der Waals surface area (Å²) in [6.07, 6.45) is 5.21. The van der Waals surface area contributed by atoms with Crippen molar-refractivity contribution in [2.24, 2.45) is 0 Å². The number of nitrogen functional groups attached to an aromatic ring is 1. The van der Waals surface area contributed by atoms with E-state index in [2.05, 4.69) is 6.92 Å². The number of carbonyl (C=O) groups excluding carboxylic acids is 1. The zero-order valence-electron chi connectivity index (χ0n) is 12.3. The van der Waals surface area contributed by atoms with Crippen molar-refractivity contribution < 1.29 is 9.53 Å². The summed E-state index contributed by atoms with van der Waals surface area (Å²) in [6.45, 7) is 4.36. The lowest BCUT2D eigenvalue weighted by molar-refractivity contribution is -0.145. The number of nitrogens with two attached hydrogens (primary N) is 1. The van der Waals surface area contributed by atoms with Gasteiger partial charge < -0.3 is 10.5 Å². The molecule has 2 N–H and O–H groups in total. The molecule has 3 nitrogen and oxygen atoms in total. The Kier molecular flexibility index (Phi) is 7.45. The van der Waals surface area contributed by atoms with Crippen LogP contribution in [0.3, 0.4) is 0 Å². The van der Waals surface area contributed by atoms with Crippen LogP contribution < -0.4 is 5.73 Å². The highest BCUT2D eigenvalue weighted by molar-refractivity contribution is 6.33. The van der Waals surface area contributed by atoms with E-state index in [1.54, 1.807) is 6.07 Å². The zero-order valence-corrected chi connectivity index (χ0v) is 13.1. The number of carbonyl (C=O) groups is 1. The van der Waals surface area contributed by atoms with Gasteiger partial charge >= 0.3 is 5.97 Å². The molecule has 0 aliphatic carbocycles. The predicted octanol–water partition coefficient (Wildman–Crippen LogP) is 4.54. The monoisotopic (exact) mass is 297 g/mol. The first kappa shape index (κ1) is 16.8. The topological polar surface area (TPSA) is 52.3 Å². The number of halogens is 1. The Balaban J connectivity index is 2.86. The van der Waals surface area contributed by atoms with Gasteiger partial charge in [0.25, 0.3) is 0 Å². The third-order valence-electron chi connectivity index (χ3n) is 3.38. The molecule has 0 saturated heterocycles. The van der Waals surface area contributed by atoms with Gasteiger partial charge in [0.05, 0.1) is 23.2 Å². The number of para-hydroxylation sites is 1. The van der Waals surface area contributed by atoms with Crippen molar-refractivity contribution in [2.45, 2.75) is 51.9 Å². The maximum atomic E-state index is 12.2. The number of benzene rings is 1. The van der Waals surface area contributed by atoms with Crippen LogP contribution in [0.5, 0.6) is 0 Å². The van der Waals surface area contributed by atoms with Crippen LogP contribution in [0.25, 0.3) is 0 Å². The third kappa shape index (κ3) is 4.71. The van der Waals surface area contributed by atoms with Gasteiger partial charge in [0.15, 0.2) is 0 Å². The van der Waals surface area contributed by atoms with E-state index in [4.69, 9.17) is 22.1 Å². The first-order chi connectivity index (χ1) is 9.61. The fourth-order valence-corrected chi connectivity index (χ4v) is 2.46. The summed E-state index contributed by atoms with van der Waals surface area (Å²) in [5.74, 6) is -0.525. The number of hydrogen-bond acceptors (Lipinski definition) is 3. The summed E-state index contributed by atoms with van der Waals surface area (Å²) in [6, 6.07) is 5.43. The molecule has 112 valence electrons. The molecule has 0 saturated carbocycles. The Hall–Kier alpha value is -1.22. The van der Waals surface area contributed by atoms with Gasteiger partial charge in [-0.2, -0.15) is 0 Å². The van der Waals surface area contributed by atoms with Gasteiger partial charge in [-0.1, -0.05) is 56.3 Å². The Labute approximate surface area is 126 Å². The van der Waals surface area contributed by atoms with E-state index in [-0.39, 0.29) is 11.9 Å². The van der Waals surface area contributed by atoms with E-state index >= 15 is 0 Å². The Morgan fingerprint density at radius 1 is 1.30 bits per heavy atom. The molecule has 1 unspecified atom stereocenters. The number of unbranched alkanes of at least 4 members (excludes halogenated alkanes) is 3. The first-order valence-corrected chi connectivity index (χ1v) is 7.70. The van der Waals surface area contributed by atoms with E-state index in [1.165, 1.54) is 12.8 Å². The molecule has 0 radical (unpaired) electrons. The van der Waals surface area contributed by atoms with Crippen molar-refractivity contribution in [1.82, 2.24) is 0 Å². The molecule has 0 aliphatic heterocycles. The average molecular weight is 298 g/mol. The normalized spacial score (nSPS) is 12.2. The van der Waals surface area contributed by atoms with Gasteiger partial charge in [-0.15, -0.1) is 0 Å². The molecule has 0 amide bonds.